The third kappa shape index (κ3) is 6.14. The van der Waals surface area contributed by atoms with Crippen molar-refractivity contribution in [3.63, 3.8) is 0 Å². The Hall–Kier alpha value is -2.42. The molecular weight excluding hydrogens is 349 g/mol. The summed E-state index contributed by atoms with van der Waals surface area (Å²) in [6.45, 7) is 6.53. The lowest BCUT2D eigenvalue weighted by Gasteiger charge is -2.19. The van der Waals surface area contributed by atoms with E-state index in [1.165, 1.54) is 13.3 Å². The Morgan fingerprint density at radius 3 is 2.50 bits per heavy atom. The number of hydrogen-bond donors (Lipinski definition) is 2. The van der Waals surface area contributed by atoms with Crippen molar-refractivity contribution in [2.75, 3.05) is 19.2 Å². The first-order valence-electron chi connectivity index (χ1n) is 7.81. The number of pyridine rings is 1. The number of carbonyl (C=O) groups is 1. The number of nitrogens with zero attached hydrogens (tertiary/aromatic N) is 2. The summed E-state index contributed by atoms with van der Waals surface area (Å²) in [5.41, 5.74) is -1.98. The number of methoxy groups -OCH3 is 1. The zero-order valence-electron chi connectivity index (χ0n) is 15.4. The molecule has 0 fully saturated rings. The standard InChI is InChI=1S/C17H23F3N4O2/c1-6-7-21-14(23-10-26-5)11-9-22-13(8-12(11)17(18,19)20)24-15(25)16(2,3)4/h6-9H,10H2,1-5H3,(H,21,23)(H,22,24,25)/b7-6+. The van der Waals surface area contributed by atoms with E-state index in [4.69, 9.17) is 4.74 Å². The highest BCUT2D eigenvalue weighted by Gasteiger charge is 2.36. The van der Waals surface area contributed by atoms with Crippen LogP contribution in [0.25, 0.3) is 0 Å². The van der Waals surface area contributed by atoms with Gasteiger partial charge in [0, 0.05) is 24.3 Å². The molecular formula is C17H23F3N4O2. The van der Waals surface area contributed by atoms with Gasteiger partial charge in [-0.05, 0) is 19.2 Å². The number of rotatable bonds is 5. The molecule has 1 aromatic rings. The van der Waals surface area contributed by atoms with Gasteiger partial charge >= 0.3 is 6.18 Å². The molecule has 6 nitrogen and oxygen atoms in total. The Kier molecular flexibility index (Phi) is 7.31. The molecule has 0 aliphatic rings. The van der Waals surface area contributed by atoms with Crippen LogP contribution >= 0.6 is 0 Å². The SMILES string of the molecule is C/C=C/NC(=NCOC)c1cnc(NC(=O)C(C)(C)C)cc1C(F)(F)F. The maximum Gasteiger partial charge on any atom is 0.417 e. The fourth-order valence-electron chi connectivity index (χ4n) is 1.75. The molecule has 9 heteroatoms. The molecule has 2 N–H and O–H groups in total. The molecule has 144 valence electrons. The lowest BCUT2D eigenvalue weighted by molar-refractivity contribution is -0.137. The summed E-state index contributed by atoms with van der Waals surface area (Å²) < 4.78 is 45.4. The molecule has 0 aliphatic carbocycles. The van der Waals surface area contributed by atoms with E-state index < -0.39 is 23.1 Å². The smallest absolute Gasteiger partial charge is 0.362 e. The number of halogens is 3. The first-order chi connectivity index (χ1) is 12.0. The number of nitrogens with one attached hydrogen (secondary N) is 2. The van der Waals surface area contributed by atoms with Crippen LogP contribution in [0.2, 0.25) is 0 Å². The molecule has 0 saturated carbocycles. The van der Waals surface area contributed by atoms with E-state index in [0.29, 0.717) is 0 Å². The number of ether oxygens (including phenoxy) is 1. The molecule has 1 amide bonds. The van der Waals surface area contributed by atoms with Gasteiger partial charge in [-0.2, -0.15) is 13.2 Å². The summed E-state index contributed by atoms with van der Waals surface area (Å²) in [5, 5.41) is 5.08. The number of anilines is 1. The van der Waals surface area contributed by atoms with Gasteiger partial charge in [0.25, 0.3) is 0 Å². The highest BCUT2D eigenvalue weighted by molar-refractivity contribution is 6.01. The quantitative estimate of drug-likeness (QED) is 0.612. The lowest BCUT2D eigenvalue weighted by atomic mass is 9.96. The molecule has 0 spiro atoms. The van der Waals surface area contributed by atoms with Gasteiger partial charge in [-0.15, -0.1) is 0 Å². The normalized spacial score (nSPS) is 13.2. The van der Waals surface area contributed by atoms with E-state index in [1.54, 1.807) is 33.8 Å². The second kappa shape index (κ2) is 8.79. The van der Waals surface area contributed by atoms with E-state index in [-0.39, 0.29) is 23.9 Å². The number of alkyl halides is 3. The third-order valence-electron chi connectivity index (χ3n) is 3.13. The molecule has 1 heterocycles. The summed E-state index contributed by atoms with van der Waals surface area (Å²) in [5.74, 6) is -0.664. The number of amides is 1. The Balaban J connectivity index is 3.37. The third-order valence-corrected chi connectivity index (χ3v) is 3.13. The number of carbonyl (C=O) groups excluding carboxylic acids is 1. The molecule has 1 rings (SSSR count). The van der Waals surface area contributed by atoms with Crippen LogP contribution in [0.3, 0.4) is 0 Å². The van der Waals surface area contributed by atoms with Gasteiger partial charge in [0.1, 0.15) is 18.4 Å². The molecule has 1 aromatic heterocycles. The van der Waals surface area contributed by atoms with E-state index >= 15 is 0 Å². The predicted octanol–water partition coefficient (Wildman–Crippen LogP) is 3.56. The van der Waals surface area contributed by atoms with Crippen LogP contribution in [0, 0.1) is 5.41 Å². The Labute approximate surface area is 150 Å². The van der Waals surface area contributed by atoms with Crippen LogP contribution < -0.4 is 10.6 Å². The minimum atomic E-state index is -4.66. The molecule has 0 aromatic carbocycles. The van der Waals surface area contributed by atoms with Gasteiger partial charge in [-0.1, -0.05) is 26.8 Å². The van der Waals surface area contributed by atoms with Crippen molar-refractivity contribution in [2.45, 2.75) is 33.9 Å². The van der Waals surface area contributed by atoms with Gasteiger partial charge in [-0.25, -0.2) is 9.98 Å². The summed E-state index contributed by atoms with van der Waals surface area (Å²) in [6.07, 6.45) is -0.581. The van der Waals surface area contributed by atoms with Crippen LogP contribution in [0.5, 0.6) is 0 Å². The fraction of sp³-hybridized carbons (Fsp3) is 0.471. The second-order valence-corrected chi connectivity index (χ2v) is 6.39. The van der Waals surface area contributed by atoms with E-state index in [1.807, 2.05) is 0 Å². The van der Waals surface area contributed by atoms with E-state index in [9.17, 15) is 18.0 Å². The molecule has 0 aliphatic heterocycles. The monoisotopic (exact) mass is 372 g/mol. The zero-order chi connectivity index (χ0) is 20.0. The number of aliphatic imine (C=N–C) groups is 1. The lowest BCUT2D eigenvalue weighted by Crippen LogP contribution is -2.29. The molecule has 0 atom stereocenters. The molecule has 0 radical (unpaired) electrons. The van der Waals surface area contributed by atoms with Gasteiger partial charge in [-0.3, -0.25) is 4.79 Å². The molecule has 0 bridgehead atoms. The Bertz CT molecular complexity index is 692. The van der Waals surface area contributed by atoms with Crippen molar-refractivity contribution in [3.05, 3.63) is 35.7 Å². The molecule has 0 unspecified atom stereocenters. The highest BCUT2D eigenvalue weighted by Crippen LogP contribution is 2.33. The van der Waals surface area contributed by atoms with Crippen LogP contribution in [0.4, 0.5) is 19.0 Å². The van der Waals surface area contributed by atoms with E-state index in [2.05, 4.69) is 20.6 Å². The van der Waals surface area contributed by atoms with Crippen molar-refractivity contribution in [1.29, 1.82) is 0 Å². The summed E-state index contributed by atoms with van der Waals surface area (Å²) in [4.78, 5) is 19.9. The number of amidine groups is 1. The van der Waals surface area contributed by atoms with Crippen molar-refractivity contribution >= 4 is 17.6 Å². The van der Waals surface area contributed by atoms with Crippen molar-refractivity contribution < 1.29 is 22.7 Å². The first-order valence-corrected chi connectivity index (χ1v) is 7.81. The topological polar surface area (TPSA) is 75.6 Å². The molecule has 26 heavy (non-hydrogen) atoms. The zero-order valence-corrected chi connectivity index (χ0v) is 15.4. The fourth-order valence-corrected chi connectivity index (χ4v) is 1.75. The first kappa shape index (κ1) is 21.6. The second-order valence-electron chi connectivity index (χ2n) is 6.39. The van der Waals surface area contributed by atoms with Gasteiger partial charge < -0.3 is 15.4 Å². The van der Waals surface area contributed by atoms with Gasteiger partial charge in [0.15, 0.2) is 0 Å². The maximum absolute atomic E-state index is 13.5. The number of aromatic nitrogens is 1. The Morgan fingerprint density at radius 2 is 2.00 bits per heavy atom. The predicted molar refractivity (Wildman–Crippen MR) is 93.7 cm³/mol. The number of allylic oxidation sites excluding steroid dienone is 1. The largest absolute Gasteiger partial charge is 0.417 e. The average molecular weight is 372 g/mol. The van der Waals surface area contributed by atoms with Gasteiger partial charge in [0.2, 0.25) is 5.91 Å². The van der Waals surface area contributed by atoms with Crippen molar-refractivity contribution in [2.24, 2.45) is 10.4 Å². The maximum atomic E-state index is 13.5. The van der Waals surface area contributed by atoms with Crippen LogP contribution in [-0.4, -0.2) is 30.6 Å². The highest BCUT2D eigenvalue weighted by atomic mass is 19.4. The Morgan fingerprint density at radius 1 is 1.35 bits per heavy atom. The van der Waals surface area contributed by atoms with Crippen LogP contribution in [0.1, 0.15) is 38.8 Å². The average Bonchev–Trinajstić information content (AvgIpc) is 2.53. The summed E-state index contributed by atoms with van der Waals surface area (Å²) >= 11 is 0. The molecule has 0 saturated heterocycles. The van der Waals surface area contributed by atoms with Crippen molar-refractivity contribution in [1.82, 2.24) is 10.3 Å². The minimum absolute atomic E-state index is 0.0431. The van der Waals surface area contributed by atoms with Crippen LogP contribution in [-0.2, 0) is 15.7 Å². The minimum Gasteiger partial charge on any atom is -0.362 e. The summed E-state index contributed by atoms with van der Waals surface area (Å²) in [7, 11) is 1.38. The van der Waals surface area contributed by atoms with Crippen molar-refractivity contribution in [3.8, 4) is 0 Å². The number of hydrogen-bond acceptors (Lipinski definition) is 4. The van der Waals surface area contributed by atoms with Crippen LogP contribution in [0.15, 0.2) is 29.5 Å². The van der Waals surface area contributed by atoms with Gasteiger partial charge in [0.05, 0.1) is 5.56 Å². The van der Waals surface area contributed by atoms with E-state index in [0.717, 1.165) is 12.3 Å². The summed E-state index contributed by atoms with van der Waals surface area (Å²) in [6, 6.07) is 0.790.